The van der Waals surface area contributed by atoms with Crippen LogP contribution in [-0.2, 0) is 14.3 Å². The van der Waals surface area contributed by atoms with Gasteiger partial charge in [0.2, 0.25) is 5.91 Å². The Hall–Kier alpha value is -1.17. The summed E-state index contributed by atoms with van der Waals surface area (Å²) in [6, 6.07) is -1.36. The second-order valence-corrected chi connectivity index (χ2v) is 13.2. The summed E-state index contributed by atoms with van der Waals surface area (Å²) in [5, 5.41) is 13.2. The Morgan fingerprint density at radius 3 is 1.27 bits per heavy atom. The minimum absolute atomic E-state index is 0.118. The minimum Gasteiger partial charge on any atom is -0.464 e. The third-order valence-electron chi connectivity index (χ3n) is 8.91. The van der Waals surface area contributed by atoms with E-state index in [2.05, 4.69) is 19.2 Å². The fourth-order valence-electron chi connectivity index (χ4n) is 5.98. The van der Waals surface area contributed by atoms with Crippen molar-refractivity contribution in [3.8, 4) is 0 Å². The van der Waals surface area contributed by atoms with Gasteiger partial charge < -0.3 is 15.2 Å². The zero-order valence-corrected chi connectivity index (χ0v) is 29.5. The molecule has 0 spiro atoms. The van der Waals surface area contributed by atoms with Gasteiger partial charge in [0, 0.05) is 6.42 Å². The van der Waals surface area contributed by atoms with Crippen molar-refractivity contribution in [2.45, 2.75) is 225 Å². The number of carbonyl (C=O) groups is 2. The normalized spacial score (nSPS) is 13.5. The molecule has 0 saturated heterocycles. The number of alkyl halides is 1. The zero-order chi connectivity index (χ0) is 32.5. The van der Waals surface area contributed by atoms with Crippen molar-refractivity contribution in [3.63, 3.8) is 0 Å². The summed E-state index contributed by atoms with van der Waals surface area (Å²) in [6.45, 7) is 6.28. The first-order chi connectivity index (χ1) is 21.5. The SMILES string of the molecule is CCCCCCCCCCCCCCCCCC(=O)N[C@@H](C(=O)OCC)[C@H](O)[C@H](F)CCCCCCCCCCCCCC. The number of halogens is 1. The first-order valence-corrected chi connectivity index (χ1v) is 19.3. The van der Waals surface area contributed by atoms with Crippen LogP contribution in [0.25, 0.3) is 0 Å². The molecule has 5 nitrogen and oxygen atoms in total. The summed E-state index contributed by atoms with van der Waals surface area (Å²) in [4.78, 5) is 25.0. The number of carbonyl (C=O) groups excluding carboxylic acids is 2. The Morgan fingerprint density at radius 1 is 0.568 bits per heavy atom. The molecule has 0 aromatic heterocycles. The second kappa shape index (κ2) is 33.2. The van der Waals surface area contributed by atoms with E-state index in [0.29, 0.717) is 6.42 Å². The largest absolute Gasteiger partial charge is 0.464 e. The molecule has 0 aliphatic heterocycles. The molecule has 0 aliphatic rings. The van der Waals surface area contributed by atoms with Gasteiger partial charge in [0.15, 0.2) is 6.04 Å². The van der Waals surface area contributed by atoms with E-state index in [1.54, 1.807) is 6.92 Å². The lowest BCUT2D eigenvalue weighted by Gasteiger charge is -2.25. The van der Waals surface area contributed by atoms with E-state index in [1.165, 1.54) is 128 Å². The summed E-state index contributed by atoms with van der Waals surface area (Å²) >= 11 is 0. The van der Waals surface area contributed by atoms with Crippen molar-refractivity contribution < 1.29 is 23.8 Å². The van der Waals surface area contributed by atoms with Crippen LogP contribution >= 0.6 is 0 Å². The summed E-state index contributed by atoms with van der Waals surface area (Å²) in [6.07, 6.45) is 30.4. The highest BCUT2D eigenvalue weighted by Gasteiger charge is 2.35. The molecule has 3 atom stereocenters. The van der Waals surface area contributed by atoms with E-state index in [4.69, 9.17) is 4.74 Å². The molecule has 44 heavy (non-hydrogen) atoms. The Morgan fingerprint density at radius 2 is 0.909 bits per heavy atom. The second-order valence-electron chi connectivity index (χ2n) is 13.2. The van der Waals surface area contributed by atoms with Gasteiger partial charge in [0.25, 0.3) is 0 Å². The Bertz CT molecular complexity index is 632. The number of hydrogen-bond acceptors (Lipinski definition) is 4. The van der Waals surface area contributed by atoms with Crippen LogP contribution in [0.15, 0.2) is 0 Å². The Kier molecular flexibility index (Phi) is 32.3. The van der Waals surface area contributed by atoms with Crippen LogP contribution in [0.3, 0.4) is 0 Å². The summed E-state index contributed by atoms with van der Waals surface area (Å²) < 4.78 is 19.9. The van der Waals surface area contributed by atoms with Crippen molar-refractivity contribution >= 4 is 11.9 Å². The molecule has 1 amide bonds. The molecule has 0 fully saturated rings. The predicted molar refractivity (Wildman–Crippen MR) is 185 cm³/mol. The van der Waals surface area contributed by atoms with Crippen LogP contribution in [0.2, 0.25) is 0 Å². The van der Waals surface area contributed by atoms with Crippen LogP contribution in [0.5, 0.6) is 0 Å². The molecule has 0 rings (SSSR count). The van der Waals surface area contributed by atoms with Gasteiger partial charge in [-0.1, -0.05) is 181 Å². The number of aliphatic hydroxyl groups excluding tert-OH is 1. The molecule has 6 heteroatoms. The number of amides is 1. The summed E-state index contributed by atoms with van der Waals surface area (Å²) in [7, 11) is 0. The fourth-order valence-corrected chi connectivity index (χ4v) is 5.98. The van der Waals surface area contributed by atoms with Gasteiger partial charge in [-0.25, -0.2) is 9.18 Å². The molecule has 0 unspecified atom stereocenters. The quantitative estimate of drug-likeness (QED) is 0.0550. The zero-order valence-electron chi connectivity index (χ0n) is 29.5. The van der Waals surface area contributed by atoms with Gasteiger partial charge >= 0.3 is 5.97 Å². The van der Waals surface area contributed by atoms with E-state index in [1.807, 2.05) is 0 Å². The molecule has 0 radical (unpaired) electrons. The van der Waals surface area contributed by atoms with Crippen LogP contribution in [0.1, 0.15) is 207 Å². The van der Waals surface area contributed by atoms with Gasteiger partial charge in [-0.3, -0.25) is 4.79 Å². The van der Waals surface area contributed by atoms with Crippen molar-refractivity contribution in [1.82, 2.24) is 5.32 Å². The standard InChI is InChI=1S/C38H74FNO4/c1-4-7-9-11-13-15-17-19-20-21-23-25-27-29-31-33-35(41)40-36(38(43)44-6-3)37(42)34(39)32-30-28-26-24-22-18-16-14-12-10-8-5-2/h34,36-37,42H,4-33H2,1-3H3,(H,40,41)/t34-,36-,37-/m1/s1. The maximum absolute atomic E-state index is 14.9. The Labute approximate surface area is 272 Å². The summed E-state index contributed by atoms with van der Waals surface area (Å²) in [5.41, 5.74) is 0. The first-order valence-electron chi connectivity index (χ1n) is 19.3. The molecule has 0 heterocycles. The van der Waals surface area contributed by atoms with Crippen LogP contribution < -0.4 is 5.32 Å². The molecule has 0 bridgehead atoms. The number of hydrogen-bond donors (Lipinski definition) is 2. The predicted octanol–water partition coefficient (Wildman–Crippen LogP) is 11.1. The highest BCUT2D eigenvalue weighted by atomic mass is 19.1. The molecular weight excluding hydrogens is 553 g/mol. The molecule has 0 saturated carbocycles. The fraction of sp³-hybridized carbons (Fsp3) is 0.947. The van der Waals surface area contributed by atoms with E-state index in [-0.39, 0.29) is 25.4 Å². The monoisotopic (exact) mass is 628 g/mol. The number of unbranched alkanes of at least 4 members (excludes halogenated alkanes) is 25. The number of rotatable bonds is 34. The Balaban J connectivity index is 4.01. The van der Waals surface area contributed by atoms with Gasteiger partial charge in [0.1, 0.15) is 12.3 Å². The first kappa shape index (κ1) is 42.8. The third kappa shape index (κ3) is 27.2. The van der Waals surface area contributed by atoms with Gasteiger partial charge in [0.05, 0.1) is 6.61 Å². The van der Waals surface area contributed by atoms with Crippen molar-refractivity contribution in [2.24, 2.45) is 0 Å². The molecule has 0 aromatic carbocycles. The molecule has 262 valence electrons. The highest BCUT2D eigenvalue weighted by Crippen LogP contribution is 2.18. The minimum atomic E-state index is -1.59. The number of esters is 1. The lowest BCUT2D eigenvalue weighted by atomic mass is 9.99. The lowest BCUT2D eigenvalue weighted by Crippen LogP contribution is -2.52. The van der Waals surface area contributed by atoms with E-state index >= 15 is 0 Å². The average Bonchev–Trinajstić information content (AvgIpc) is 3.01. The number of aliphatic hydroxyl groups is 1. The van der Waals surface area contributed by atoms with E-state index in [0.717, 1.165) is 38.5 Å². The molecule has 2 N–H and O–H groups in total. The van der Waals surface area contributed by atoms with Crippen molar-refractivity contribution in [1.29, 1.82) is 0 Å². The van der Waals surface area contributed by atoms with Gasteiger partial charge in [-0.05, 0) is 19.8 Å². The maximum atomic E-state index is 14.9. The van der Waals surface area contributed by atoms with Crippen molar-refractivity contribution in [2.75, 3.05) is 6.61 Å². The highest BCUT2D eigenvalue weighted by molar-refractivity contribution is 5.85. The molecule has 0 aliphatic carbocycles. The van der Waals surface area contributed by atoms with Crippen LogP contribution in [0.4, 0.5) is 4.39 Å². The summed E-state index contributed by atoms with van der Waals surface area (Å²) in [5.74, 6) is -1.09. The lowest BCUT2D eigenvalue weighted by molar-refractivity contribution is -0.152. The van der Waals surface area contributed by atoms with Gasteiger partial charge in [-0.2, -0.15) is 0 Å². The van der Waals surface area contributed by atoms with Crippen LogP contribution in [0, 0.1) is 0 Å². The topological polar surface area (TPSA) is 75.6 Å². The molecule has 0 aromatic rings. The van der Waals surface area contributed by atoms with Gasteiger partial charge in [-0.15, -0.1) is 0 Å². The maximum Gasteiger partial charge on any atom is 0.331 e. The van der Waals surface area contributed by atoms with Crippen molar-refractivity contribution in [3.05, 3.63) is 0 Å². The third-order valence-corrected chi connectivity index (χ3v) is 8.91. The number of ether oxygens (including phenoxy) is 1. The smallest absolute Gasteiger partial charge is 0.331 e. The average molecular weight is 628 g/mol. The van der Waals surface area contributed by atoms with E-state index < -0.39 is 24.3 Å². The molecular formula is C38H74FNO4. The van der Waals surface area contributed by atoms with E-state index in [9.17, 15) is 19.1 Å². The van der Waals surface area contributed by atoms with Crippen LogP contribution in [-0.4, -0.2) is 41.9 Å². The number of nitrogens with one attached hydrogen (secondary N) is 1.